The van der Waals surface area contributed by atoms with Crippen molar-refractivity contribution in [1.82, 2.24) is 14.9 Å². The van der Waals surface area contributed by atoms with Crippen LogP contribution in [0.3, 0.4) is 0 Å². The molecule has 1 aliphatic rings. The number of amides is 1. The average Bonchev–Trinajstić information content (AvgIpc) is 3.24. The van der Waals surface area contributed by atoms with Crippen LogP contribution in [0.15, 0.2) is 78.0 Å². The molecule has 2 N–H and O–H groups in total. The lowest BCUT2D eigenvalue weighted by atomic mass is 10.0. The maximum absolute atomic E-state index is 13.5. The predicted molar refractivity (Wildman–Crippen MR) is 133 cm³/mol. The highest BCUT2D eigenvalue weighted by Crippen LogP contribution is 2.39. The van der Waals surface area contributed by atoms with Gasteiger partial charge in [0.15, 0.2) is 5.82 Å². The summed E-state index contributed by atoms with van der Waals surface area (Å²) in [6.07, 6.45) is 0. The Kier molecular flexibility index (Phi) is 5.83. The van der Waals surface area contributed by atoms with Crippen molar-refractivity contribution in [3.05, 3.63) is 94.5 Å². The van der Waals surface area contributed by atoms with Crippen LogP contribution in [0.5, 0.6) is 0 Å². The van der Waals surface area contributed by atoms with Gasteiger partial charge in [-0.25, -0.2) is 4.68 Å². The number of thioether (sulfide) groups is 1. The van der Waals surface area contributed by atoms with E-state index < -0.39 is 5.25 Å². The second kappa shape index (κ2) is 8.92. The Bertz CT molecular complexity index is 1310. The van der Waals surface area contributed by atoms with Crippen LogP contribution in [0.2, 0.25) is 5.02 Å². The number of nitrogens with one attached hydrogen (secondary N) is 2. The highest BCUT2D eigenvalue weighted by Gasteiger charge is 2.38. The Morgan fingerprint density at radius 2 is 1.79 bits per heavy atom. The van der Waals surface area contributed by atoms with Gasteiger partial charge in [0.05, 0.1) is 6.04 Å². The number of hydrogen-bond acceptors (Lipinski definition) is 5. The summed E-state index contributed by atoms with van der Waals surface area (Å²) in [5.41, 5.74) is 8.36. The summed E-state index contributed by atoms with van der Waals surface area (Å²) in [5.74, 6) is 0.597. The molecular weight excluding hydrogens is 454 g/mol. The molecule has 0 fully saturated rings. The molecule has 33 heavy (non-hydrogen) atoms. The number of hydrogen-bond donors (Lipinski definition) is 2. The van der Waals surface area contributed by atoms with Gasteiger partial charge in [-0.15, -0.1) is 10.2 Å². The van der Waals surface area contributed by atoms with E-state index in [0.29, 0.717) is 16.0 Å². The molecule has 1 amide bonds. The van der Waals surface area contributed by atoms with Crippen molar-refractivity contribution in [3.63, 3.8) is 0 Å². The van der Waals surface area contributed by atoms with Gasteiger partial charge < -0.3 is 10.7 Å². The van der Waals surface area contributed by atoms with Crippen molar-refractivity contribution in [2.45, 2.75) is 30.3 Å². The summed E-state index contributed by atoms with van der Waals surface area (Å²) in [6, 6.07) is 23.1. The fourth-order valence-electron chi connectivity index (χ4n) is 3.91. The van der Waals surface area contributed by atoms with E-state index in [1.165, 1.54) is 11.8 Å². The van der Waals surface area contributed by atoms with Gasteiger partial charge in [-0.1, -0.05) is 83.5 Å². The van der Waals surface area contributed by atoms with E-state index in [-0.39, 0.29) is 11.9 Å². The molecule has 0 saturated heterocycles. The minimum Gasteiger partial charge on any atom is -0.325 e. The van der Waals surface area contributed by atoms with Crippen molar-refractivity contribution in [2.24, 2.45) is 0 Å². The van der Waals surface area contributed by atoms with E-state index in [1.54, 1.807) is 0 Å². The molecule has 0 bridgehead atoms. The van der Waals surface area contributed by atoms with Crippen LogP contribution in [0.1, 0.15) is 22.7 Å². The monoisotopic (exact) mass is 475 g/mol. The largest absolute Gasteiger partial charge is 0.325 e. The first-order valence-electron chi connectivity index (χ1n) is 10.6. The average molecular weight is 476 g/mol. The van der Waals surface area contributed by atoms with E-state index in [1.807, 2.05) is 85.3 Å². The number of fused-ring (bicyclic) bond motifs is 1. The van der Waals surface area contributed by atoms with Crippen LogP contribution in [0, 0.1) is 13.8 Å². The number of halogens is 1. The van der Waals surface area contributed by atoms with Crippen molar-refractivity contribution in [2.75, 3.05) is 10.7 Å². The lowest BCUT2D eigenvalue weighted by Crippen LogP contribution is -2.41. The Labute approximate surface area is 201 Å². The molecule has 2 heterocycles. The van der Waals surface area contributed by atoms with E-state index in [4.69, 9.17) is 11.6 Å². The second-order valence-corrected chi connectivity index (χ2v) is 9.56. The van der Waals surface area contributed by atoms with Gasteiger partial charge in [0.25, 0.3) is 0 Å². The molecule has 2 unspecified atom stereocenters. The molecule has 4 aromatic rings. The number of aryl methyl sites for hydroxylation is 2. The molecule has 1 aromatic heterocycles. The molecule has 1 aliphatic heterocycles. The Hall–Kier alpha value is -3.29. The third-order valence-corrected chi connectivity index (χ3v) is 7.06. The van der Waals surface area contributed by atoms with E-state index in [2.05, 4.69) is 27.0 Å². The topological polar surface area (TPSA) is 71.8 Å². The molecule has 0 aliphatic carbocycles. The summed E-state index contributed by atoms with van der Waals surface area (Å²) in [4.78, 5) is 13.5. The van der Waals surface area contributed by atoms with Crippen LogP contribution >= 0.6 is 23.4 Å². The highest BCUT2D eigenvalue weighted by atomic mass is 35.5. The zero-order valence-electron chi connectivity index (χ0n) is 18.1. The lowest BCUT2D eigenvalue weighted by Gasteiger charge is -2.33. The summed E-state index contributed by atoms with van der Waals surface area (Å²) in [5, 5.41) is 12.7. The van der Waals surface area contributed by atoms with E-state index >= 15 is 0 Å². The number of rotatable bonds is 4. The number of carbonyl (C=O) groups is 1. The van der Waals surface area contributed by atoms with Crippen molar-refractivity contribution >= 4 is 35.0 Å². The fraction of sp³-hybridized carbons (Fsp3) is 0.160. The van der Waals surface area contributed by atoms with Crippen LogP contribution in [-0.2, 0) is 4.79 Å². The van der Waals surface area contributed by atoms with Gasteiger partial charge in [0.2, 0.25) is 11.1 Å². The van der Waals surface area contributed by atoms with E-state index in [9.17, 15) is 4.79 Å². The normalized spacial score (nSPS) is 17.2. The predicted octanol–water partition coefficient (Wildman–Crippen LogP) is 5.61. The van der Waals surface area contributed by atoms with Crippen LogP contribution in [0.25, 0.3) is 11.4 Å². The molecule has 2 atom stereocenters. The third kappa shape index (κ3) is 4.34. The van der Waals surface area contributed by atoms with Gasteiger partial charge in [-0.05, 0) is 43.2 Å². The highest BCUT2D eigenvalue weighted by molar-refractivity contribution is 8.00. The number of aromatic nitrogens is 3. The number of benzene rings is 3. The Morgan fingerprint density at radius 3 is 2.52 bits per heavy atom. The summed E-state index contributed by atoms with van der Waals surface area (Å²) >= 11 is 7.52. The zero-order chi connectivity index (χ0) is 22.9. The van der Waals surface area contributed by atoms with Gasteiger partial charge >= 0.3 is 0 Å². The Balaban J connectivity index is 1.51. The summed E-state index contributed by atoms with van der Waals surface area (Å²) in [7, 11) is 0. The number of anilines is 1. The van der Waals surface area contributed by atoms with Gasteiger partial charge in [-0.2, -0.15) is 0 Å². The van der Waals surface area contributed by atoms with E-state index in [0.717, 1.165) is 27.9 Å². The number of nitrogens with zero attached hydrogens (tertiary/aromatic N) is 3. The van der Waals surface area contributed by atoms with Gasteiger partial charge in [-0.3, -0.25) is 4.79 Å². The summed E-state index contributed by atoms with van der Waals surface area (Å²) in [6.45, 7) is 4.03. The third-order valence-electron chi connectivity index (χ3n) is 5.60. The van der Waals surface area contributed by atoms with Gasteiger partial charge in [0, 0.05) is 16.3 Å². The first kappa shape index (κ1) is 21.6. The molecule has 3 aromatic carbocycles. The molecule has 0 radical (unpaired) electrons. The molecular formula is C25H22ClN5OS. The maximum atomic E-state index is 13.5. The molecule has 8 heteroatoms. The SMILES string of the molecule is Cc1ccc(NC(=O)C2Sc3nnc(-c4ccccc4)n3NC2c2ccc(Cl)cc2)c(C)c1. The first-order valence-corrected chi connectivity index (χ1v) is 11.8. The van der Waals surface area contributed by atoms with Gasteiger partial charge in [0.1, 0.15) is 5.25 Å². The molecule has 0 saturated carbocycles. The minimum absolute atomic E-state index is 0.102. The van der Waals surface area contributed by atoms with Crippen molar-refractivity contribution in [3.8, 4) is 11.4 Å². The van der Waals surface area contributed by atoms with Crippen LogP contribution < -0.4 is 10.7 Å². The van der Waals surface area contributed by atoms with Crippen molar-refractivity contribution in [1.29, 1.82) is 0 Å². The minimum atomic E-state index is -0.466. The maximum Gasteiger partial charge on any atom is 0.240 e. The molecule has 6 nitrogen and oxygen atoms in total. The van der Waals surface area contributed by atoms with Crippen molar-refractivity contribution < 1.29 is 4.79 Å². The van der Waals surface area contributed by atoms with Crippen LogP contribution in [-0.4, -0.2) is 26.0 Å². The first-order chi connectivity index (χ1) is 16.0. The second-order valence-electron chi connectivity index (χ2n) is 8.01. The van der Waals surface area contributed by atoms with Crippen LogP contribution in [0.4, 0.5) is 5.69 Å². The molecule has 5 rings (SSSR count). The smallest absolute Gasteiger partial charge is 0.240 e. The molecule has 0 spiro atoms. The molecule has 166 valence electrons. The Morgan fingerprint density at radius 1 is 1.03 bits per heavy atom. The quantitative estimate of drug-likeness (QED) is 0.401. The number of carbonyl (C=O) groups excluding carboxylic acids is 1. The zero-order valence-corrected chi connectivity index (χ0v) is 19.7. The fourth-order valence-corrected chi connectivity index (χ4v) is 5.11. The summed E-state index contributed by atoms with van der Waals surface area (Å²) < 4.78 is 1.86. The lowest BCUT2D eigenvalue weighted by molar-refractivity contribution is -0.116. The standard InChI is InChI=1S/C25H22ClN5OS/c1-15-8-13-20(16(2)14-15)27-24(32)22-21(17-9-11-19(26)12-10-17)30-31-23(28-29-25(31)33-22)18-6-4-3-5-7-18/h3-14,21-22,30H,1-2H3,(H,27,32).